The molecule has 138 valence electrons. The monoisotopic (exact) mass is 403 g/mol. The zero-order valence-electron chi connectivity index (χ0n) is 13.9. The maximum atomic E-state index is 12.6. The van der Waals surface area contributed by atoms with Crippen molar-refractivity contribution in [3.63, 3.8) is 0 Å². The van der Waals surface area contributed by atoms with Gasteiger partial charge in [-0.25, -0.2) is 4.90 Å². The highest BCUT2D eigenvalue weighted by Crippen LogP contribution is 2.36. The van der Waals surface area contributed by atoms with Crippen LogP contribution in [0.2, 0.25) is 5.02 Å². The number of ether oxygens (including phenoxy) is 1. The van der Waals surface area contributed by atoms with Crippen LogP contribution in [0.3, 0.4) is 0 Å². The number of carbonyl (C=O) groups is 3. The third kappa shape index (κ3) is 4.69. The molecule has 3 rings (SSSR count). The van der Waals surface area contributed by atoms with Crippen molar-refractivity contribution in [3.8, 4) is 5.75 Å². The Morgan fingerprint density at radius 2 is 1.78 bits per heavy atom. The molecule has 2 aromatic carbocycles. The van der Waals surface area contributed by atoms with Gasteiger partial charge in [0.1, 0.15) is 5.75 Å². The summed E-state index contributed by atoms with van der Waals surface area (Å²) in [6, 6.07) is 13.3. The van der Waals surface area contributed by atoms with Crippen LogP contribution in [0.5, 0.6) is 5.75 Å². The van der Waals surface area contributed by atoms with Gasteiger partial charge in [0.2, 0.25) is 0 Å². The van der Waals surface area contributed by atoms with E-state index >= 15 is 0 Å². The zero-order chi connectivity index (χ0) is 19.4. The number of carbonyl (C=O) groups excluding carboxylic acids is 2. The molecule has 0 saturated carbocycles. The Balaban J connectivity index is 1.71. The van der Waals surface area contributed by atoms with Crippen LogP contribution in [0.15, 0.2) is 53.4 Å². The maximum Gasteiger partial charge on any atom is 0.306 e. The molecule has 0 aromatic heterocycles. The highest BCUT2D eigenvalue weighted by atomic mass is 35.5. The molecule has 1 aliphatic heterocycles. The maximum absolute atomic E-state index is 12.6. The van der Waals surface area contributed by atoms with E-state index in [0.29, 0.717) is 21.4 Å². The van der Waals surface area contributed by atoms with E-state index in [-0.39, 0.29) is 18.3 Å². The number of thioether (sulfide) groups is 1. The molecule has 1 fully saturated rings. The number of halogens is 1. The van der Waals surface area contributed by atoms with Crippen molar-refractivity contribution in [3.05, 3.63) is 64.0 Å². The van der Waals surface area contributed by atoms with E-state index < -0.39 is 11.9 Å². The van der Waals surface area contributed by atoms with Crippen molar-refractivity contribution in [1.82, 2.24) is 0 Å². The SMILES string of the molecule is O=C(O)CCOc1ccc(/C=C2/SC(=O)N(c3ccc(Cl)cc3)C2=O)cc1. The van der Waals surface area contributed by atoms with Crippen molar-refractivity contribution in [2.45, 2.75) is 6.42 Å². The summed E-state index contributed by atoms with van der Waals surface area (Å²) in [7, 11) is 0. The van der Waals surface area contributed by atoms with Gasteiger partial charge in [-0.3, -0.25) is 14.4 Å². The molecule has 27 heavy (non-hydrogen) atoms. The van der Waals surface area contributed by atoms with E-state index in [2.05, 4.69) is 0 Å². The lowest BCUT2D eigenvalue weighted by atomic mass is 10.2. The average Bonchev–Trinajstić information content (AvgIpc) is 2.91. The van der Waals surface area contributed by atoms with E-state index in [4.69, 9.17) is 21.4 Å². The van der Waals surface area contributed by atoms with Crippen molar-refractivity contribution in [2.24, 2.45) is 0 Å². The normalized spacial score (nSPS) is 15.4. The molecule has 0 bridgehead atoms. The zero-order valence-corrected chi connectivity index (χ0v) is 15.5. The molecule has 6 nitrogen and oxygen atoms in total. The van der Waals surface area contributed by atoms with Gasteiger partial charge in [0.05, 0.1) is 23.6 Å². The Bertz CT molecular complexity index is 909. The predicted octanol–water partition coefficient (Wildman–Crippen LogP) is 4.43. The van der Waals surface area contributed by atoms with Crippen LogP contribution in [-0.4, -0.2) is 28.8 Å². The number of carboxylic acids is 1. The number of hydrogen-bond donors (Lipinski definition) is 1. The Kier molecular flexibility index (Phi) is 5.83. The Morgan fingerprint density at radius 1 is 1.11 bits per heavy atom. The van der Waals surface area contributed by atoms with Crippen molar-refractivity contribution >= 4 is 52.2 Å². The largest absolute Gasteiger partial charge is 0.493 e. The van der Waals surface area contributed by atoms with Gasteiger partial charge in [-0.15, -0.1) is 0 Å². The van der Waals surface area contributed by atoms with E-state index in [0.717, 1.165) is 22.2 Å². The minimum Gasteiger partial charge on any atom is -0.493 e. The van der Waals surface area contributed by atoms with Crippen LogP contribution in [0.25, 0.3) is 6.08 Å². The molecule has 1 heterocycles. The minimum atomic E-state index is -0.928. The van der Waals surface area contributed by atoms with E-state index in [1.807, 2.05) is 0 Å². The summed E-state index contributed by atoms with van der Waals surface area (Å²) in [5.74, 6) is -0.792. The molecule has 1 aliphatic rings. The number of carboxylic acid groups (broad SMARTS) is 1. The fraction of sp³-hybridized carbons (Fsp3) is 0.105. The summed E-state index contributed by atoms with van der Waals surface area (Å²) in [6.07, 6.45) is 1.54. The van der Waals surface area contributed by atoms with Crippen LogP contribution in [0, 0.1) is 0 Å². The predicted molar refractivity (Wildman–Crippen MR) is 104 cm³/mol. The fourth-order valence-electron chi connectivity index (χ4n) is 2.35. The molecule has 1 saturated heterocycles. The lowest BCUT2D eigenvalue weighted by Crippen LogP contribution is -2.27. The van der Waals surface area contributed by atoms with Gasteiger partial charge < -0.3 is 9.84 Å². The molecule has 0 spiro atoms. The Morgan fingerprint density at radius 3 is 2.41 bits per heavy atom. The molecule has 0 atom stereocenters. The third-order valence-electron chi connectivity index (χ3n) is 3.64. The number of imide groups is 1. The van der Waals surface area contributed by atoms with Gasteiger partial charge in [-0.2, -0.15) is 0 Å². The highest BCUT2D eigenvalue weighted by Gasteiger charge is 2.36. The molecular formula is C19H14ClNO5S. The lowest BCUT2D eigenvalue weighted by molar-refractivity contribution is -0.137. The first-order valence-electron chi connectivity index (χ1n) is 7.92. The number of benzene rings is 2. The first-order valence-corrected chi connectivity index (χ1v) is 9.11. The summed E-state index contributed by atoms with van der Waals surface area (Å²) in [5.41, 5.74) is 1.19. The Hall–Kier alpha value is -2.77. The summed E-state index contributed by atoms with van der Waals surface area (Å²) in [4.78, 5) is 36.7. The summed E-state index contributed by atoms with van der Waals surface area (Å²) in [6.45, 7) is 0.0780. The fourth-order valence-corrected chi connectivity index (χ4v) is 3.32. The van der Waals surface area contributed by atoms with Crippen LogP contribution in [0.1, 0.15) is 12.0 Å². The number of amides is 2. The highest BCUT2D eigenvalue weighted by molar-refractivity contribution is 8.19. The van der Waals surface area contributed by atoms with E-state index in [1.165, 1.54) is 0 Å². The standard InChI is InChI=1S/C19H14ClNO5S/c20-13-3-5-14(6-4-13)21-18(24)16(27-19(21)25)11-12-1-7-15(8-2-12)26-10-9-17(22)23/h1-8,11H,9-10H2,(H,22,23)/b16-11+. The lowest BCUT2D eigenvalue weighted by Gasteiger charge is -2.12. The van der Waals surface area contributed by atoms with Crippen molar-refractivity contribution in [1.29, 1.82) is 0 Å². The van der Waals surface area contributed by atoms with Gasteiger partial charge in [0.15, 0.2) is 0 Å². The summed E-state index contributed by atoms with van der Waals surface area (Å²) < 4.78 is 5.32. The quantitative estimate of drug-likeness (QED) is 0.718. The second-order valence-corrected chi connectivity index (χ2v) is 6.98. The molecule has 2 amide bonds. The number of hydrogen-bond acceptors (Lipinski definition) is 5. The summed E-state index contributed by atoms with van der Waals surface area (Å²) in [5, 5.41) is 8.75. The van der Waals surface area contributed by atoms with Gasteiger partial charge in [-0.1, -0.05) is 23.7 Å². The van der Waals surface area contributed by atoms with E-state index in [1.54, 1.807) is 54.6 Å². The molecule has 0 radical (unpaired) electrons. The second kappa shape index (κ2) is 8.28. The molecule has 1 N–H and O–H groups in total. The molecule has 0 unspecified atom stereocenters. The van der Waals surface area contributed by atoms with Crippen LogP contribution in [0.4, 0.5) is 10.5 Å². The van der Waals surface area contributed by atoms with Crippen LogP contribution < -0.4 is 9.64 Å². The third-order valence-corrected chi connectivity index (χ3v) is 4.76. The van der Waals surface area contributed by atoms with Crippen molar-refractivity contribution in [2.75, 3.05) is 11.5 Å². The van der Waals surface area contributed by atoms with Crippen LogP contribution in [-0.2, 0) is 9.59 Å². The second-order valence-electron chi connectivity index (χ2n) is 5.55. The number of rotatable bonds is 6. The first kappa shape index (κ1) is 19.0. The topological polar surface area (TPSA) is 83.9 Å². The number of anilines is 1. The smallest absolute Gasteiger partial charge is 0.306 e. The van der Waals surface area contributed by atoms with Crippen molar-refractivity contribution < 1.29 is 24.2 Å². The van der Waals surface area contributed by atoms with Crippen LogP contribution >= 0.6 is 23.4 Å². The Labute approximate surface area is 164 Å². The van der Waals surface area contributed by atoms with Gasteiger partial charge in [0.25, 0.3) is 11.1 Å². The molecular weight excluding hydrogens is 390 g/mol. The number of aliphatic carboxylic acids is 1. The van der Waals surface area contributed by atoms with Gasteiger partial charge in [0, 0.05) is 5.02 Å². The average molecular weight is 404 g/mol. The van der Waals surface area contributed by atoms with Gasteiger partial charge in [-0.05, 0) is 59.8 Å². The molecule has 8 heteroatoms. The minimum absolute atomic E-state index is 0.0780. The number of nitrogens with zero attached hydrogens (tertiary/aromatic N) is 1. The molecule has 0 aliphatic carbocycles. The summed E-state index contributed by atoms with van der Waals surface area (Å²) >= 11 is 6.71. The van der Waals surface area contributed by atoms with E-state index in [9.17, 15) is 14.4 Å². The molecule has 2 aromatic rings. The first-order chi connectivity index (χ1) is 12.9. The van der Waals surface area contributed by atoms with Gasteiger partial charge >= 0.3 is 5.97 Å².